The van der Waals surface area contributed by atoms with E-state index in [9.17, 15) is 0 Å². The second-order valence-electron chi connectivity index (χ2n) is 4.29. The zero-order valence-corrected chi connectivity index (χ0v) is 12.8. The number of pyridine rings is 1. The van der Waals surface area contributed by atoms with Gasteiger partial charge in [-0.25, -0.2) is 0 Å². The van der Waals surface area contributed by atoms with Gasteiger partial charge in [0.15, 0.2) is 0 Å². The highest BCUT2D eigenvalue weighted by atomic mass is 35.5. The molecule has 1 aromatic carbocycles. The number of methoxy groups -OCH3 is 1. The molecule has 20 heavy (non-hydrogen) atoms. The van der Waals surface area contributed by atoms with Crippen molar-refractivity contribution in [2.45, 2.75) is 19.4 Å². The van der Waals surface area contributed by atoms with Crippen LogP contribution in [0, 0.1) is 6.92 Å². The molecule has 106 valence electrons. The van der Waals surface area contributed by atoms with Crippen molar-refractivity contribution in [2.75, 3.05) is 7.11 Å². The van der Waals surface area contributed by atoms with Crippen LogP contribution >= 0.6 is 23.2 Å². The Hall–Kier alpha value is -1.45. The van der Waals surface area contributed by atoms with E-state index in [4.69, 9.17) is 32.7 Å². The summed E-state index contributed by atoms with van der Waals surface area (Å²) in [5.74, 6) is 1.71. The van der Waals surface area contributed by atoms with Crippen LogP contribution in [0.15, 0.2) is 30.3 Å². The maximum absolute atomic E-state index is 6.14. The molecule has 1 heterocycles. The van der Waals surface area contributed by atoms with Crippen LogP contribution in [-0.2, 0) is 12.5 Å². The number of alkyl halides is 1. The zero-order chi connectivity index (χ0) is 14.5. The lowest BCUT2D eigenvalue weighted by molar-refractivity contribution is 0.297. The number of hydrogen-bond acceptors (Lipinski definition) is 3. The smallest absolute Gasteiger partial charge is 0.142 e. The van der Waals surface area contributed by atoms with Gasteiger partial charge in [-0.1, -0.05) is 23.7 Å². The Morgan fingerprint density at radius 2 is 2.05 bits per heavy atom. The van der Waals surface area contributed by atoms with Gasteiger partial charge in [-0.3, -0.25) is 4.98 Å². The first-order chi connectivity index (χ1) is 9.63. The van der Waals surface area contributed by atoms with Gasteiger partial charge < -0.3 is 9.47 Å². The number of rotatable bonds is 5. The van der Waals surface area contributed by atoms with Gasteiger partial charge >= 0.3 is 0 Å². The first-order valence-electron chi connectivity index (χ1n) is 6.11. The number of benzene rings is 1. The second-order valence-corrected chi connectivity index (χ2v) is 4.96. The quantitative estimate of drug-likeness (QED) is 0.768. The van der Waals surface area contributed by atoms with Crippen molar-refractivity contribution in [1.82, 2.24) is 4.98 Å². The van der Waals surface area contributed by atoms with Gasteiger partial charge in [-0.2, -0.15) is 0 Å². The van der Waals surface area contributed by atoms with Crippen molar-refractivity contribution in [3.8, 4) is 11.5 Å². The molecule has 0 atom stereocenters. The van der Waals surface area contributed by atoms with E-state index in [0.29, 0.717) is 23.3 Å². The van der Waals surface area contributed by atoms with E-state index in [1.54, 1.807) is 13.2 Å². The average Bonchev–Trinajstić information content (AvgIpc) is 2.45. The molecular formula is C15H15Cl2NO2. The lowest BCUT2D eigenvalue weighted by atomic mass is 10.2. The molecule has 0 fully saturated rings. The number of aryl methyl sites for hydroxylation is 1. The highest BCUT2D eigenvalue weighted by Crippen LogP contribution is 2.30. The number of hydrogen-bond donors (Lipinski definition) is 0. The first-order valence-corrected chi connectivity index (χ1v) is 7.03. The molecule has 0 radical (unpaired) electrons. The lowest BCUT2D eigenvalue weighted by Crippen LogP contribution is -2.02. The second kappa shape index (κ2) is 6.82. The van der Waals surface area contributed by atoms with Crippen LogP contribution < -0.4 is 9.47 Å². The van der Waals surface area contributed by atoms with Crippen LogP contribution in [0.2, 0.25) is 5.02 Å². The molecule has 2 aromatic rings. The van der Waals surface area contributed by atoms with Gasteiger partial charge in [-0.15, -0.1) is 11.6 Å². The van der Waals surface area contributed by atoms with Gasteiger partial charge in [0.1, 0.15) is 18.1 Å². The summed E-state index contributed by atoms with van der Waals surface area (Å²) >= 11 is 12.0. The topological polar surface area (TPSA) is 31.4 Å². The molecule has 0 unspecified atom stereocenters. The molecule has 0 aliphatic carbocycles. The zero-order valence-electron chi connectivity index (χ0n) is 11.3. The van der Waals surface area contributed by atoms with Crippen LogP contribution in [-0.4, -0.2) is 12.1 Å². The summed E-state index contributed by atoms with van der Waals surface area (Å²) in [6, 6.07) is 9.21. The van der Waals surface area contributed by atoms with Crippen LogP contribution in [0.1, 0.15) is 17.0 Å². The van der Waals surface area contributed by atoms with E-state index in [1.165, 1.54) is 0 Å². The third kappa shape index (κ3) is 3.56. The van der Waals surface area contributed by atoms with E-state index >= 15 is 0 Å². The van der Waals surface area contributed by atoms with Gasteiger partial charge in [-0.05, 0) is 13.0 Å². The van der Waals surface area contributed by atoms with Crippen molar-refractivity contribution in [3.05, 3.63) is 52.3 Å². The SMILES string of the molecule is COc1cc(C)nc(COc2c(Cl)cccc2CCl)c1. The number of ether oxygens (including phenoxy) is 2. The number of nitrogens with zero attached hydrogens (tertiary/aromatic N) is 1. The van der Waals surface area contributed by atoms with Crippen LogP contribution in [0.3, 0.4) is 0 Å². The first kappa shape index (κ1) is 14.9. The summed E-state index contributed by atoms with van der Waals surface area (Å²) in [6.07, 6.45) is 0. The van der Waals surface area contributed by atoms with E-state index in [0.717, 1.165) is 22.7 Å². The largest absolute Gasteiger partial charge is 0.497 e. The highest BCUT2D eigenvalue weighted by Gasteiger charge is 2.09. The maximum Gasteiger partial charge on any atom is 0.142 e. The van der Waals surface area contributed by atoms with Crippen LogP contribution in [0.4, 0.5) is 0 Å². The van der Waals surface area contributed by atoms with Gasteiger partial charge in [0.25, 0.3) is 0 Å². The minimum Gasteiger partial charge on any atom is -0.497 e. The molecular weight excluding hydrogens is 297 g/mol. The van der Waals surface area contributed by atoms with Gasteiger partial charge in [0.05, 0.1) is 23.7 Å². The summed E-state index contributed by atoms with van der Waals surface area (Å²) in [5.41, 5.74) is 2.51. The lowest BCUT2D eigenvalue weighted by Gasteiger charge is -2.12. The van der Waals surface area contributed by atoms with E-state index < -0.39 is 0 Å². The van der Waals surface area contributed by atoms with Crippen LogP contribution in [0.5, 0.6) is 11.5 Å². The average molecular weight is 312 g/mol. The Kier molecular flexibility index (Phi) is 5.10. The molecule has 0 aliphatic heterocycles. The predicted molar refractivity (Wildman–Crippen MR) is 80.9 cm³/mol. The highest BCUT2D eigenvalue weighted by molar-refractivity contribution is 6.32. The Balaban J connectivity index is 2.19. The van der Waals surface area contributed by atoms with Crippen molar-refractivity contribution < 1.29 is 9.47 Å². The fourth-order valence-electron chi connectivity index (χ4n) is 1.86. The molecule has 3 nitrogen and oxygen atoms in total. The molecule has 5 heteroatoms. The molecule has 0 saturated carbocycles. The van der Waals surface area contributed by atoms with Crippen molar-refractivity contribution in [3.63, 3.8) is 0 Å². The number of para-hydroxylation sites is 1. The summed E-state index contributed by atoms with van der Waals surface area (Å²) in [5, 5.41) is 0.544. The Morgan fingerprint density at radius 1 is 1.25 bits per heavy atom. The minimum atomic E-state index is 0.311. The minimum absolute atomic E-state index is 0.311. The number of aromatic nitrogens is 1. The van der Waals surface area contributed by atoms with E-state index in [-0.39, 0.29) is 0 Å². The Bertz CT molecular complexity index is 602. The molecule has 2 rings (SSSR count). The molecule has 1 aromatic heterocycles. The maximum atomic E-state index is 6.14. The summed E-state index contributed by atoms with van der Waals surface area (Å²) in [7, 11) is 1.62. The molecule has 0 spiro atoms. The molecule has 0 aliphatic rings. The molecule has 0 N–H and O–H groups in total. The van der Waals surface area contributed by atoms with Crippen molar-refractivity contribution in [1.29, 1.82) is 0 Å². The van der Waals surface area contributed by atoms with E-state index in [2.05, 4.69) is 4.98 Å². The fraction of sp³-hybridized carbons (Fsp3) is 0.267. The fourth-order valence-corrected chi connectivity index (χ4v) is 2.32. The van der Waals surface area contributed by atoms with Gasteiger partial charge in [0, 0.05) is 23.4 Å². The van der Waals surface area contributed by atoms with Gasteiger partial charge in [0.2, 0.25) is 0 Å². The summed E-state index contributed by atoms with van der Waals surface area (Å²) in [6.45, 7) is 2.22. The number of halogens is 2. The normalized spacial score (nSPS) is 10.4. The molecule has 0 amide bonds. The van der Waals surface area contributed by atoms with Crippen molar-refractivity contribution >= 4 is 23.2 Å². The Morgan fingerprint density at radius 3 is 2.75 bits per heavy atom. The summed E-state index contributed by atoms with van der Waals surface area (Å²) in [4.78, 5) is 4.40. The standard InChI is InChI=1S/C15H15Cl2NO2/c1-10-6-13(19-2)7-12(18-10)9-20-15-11(8-16)4-3-5-14(15)17/h3-7H,8-9H2,1-2H3. The predicted octanol–water partition coefficient (Wildman–Crippen LogP) is 4.37. The third-order valence-electron chi connectivity index (χ3n) is 2.77. The summed E-state index contributed by atoms with van der Waals surface area (Å²) < 4.78 is 11.0. The molecule has 0 saturated heterocycles. The van der Waals surface area contributed by atoms with E-state index in [1.807, 2.05) is 31.2 Å². The monoisotopic (exact) mass is 311 g/mol. The van der Waals surface area contributed by atoms with Crippen LogP contribution in [0.25, 0.3) is 0 Å². The third-order valence-corrected chi connectivity index (χ3v) is 3.36. The Labute approximate surface area is 128 Å². The molecule has 0 bridgehead atoms. The van der Waals surface area contributed by atoms with Crippen molar-refractivity contribution in [2.24, 2.45) is 0 Å².